The highest BCUT2D eigenvalue weighted by Gasteiger charge is 2.13. The molecule has 0 fully saturated rings. The molecular formula is C14H22O. The number of carbonyl (C=O) groups excluding carboxylic acids is 1. The van der Waals surface area contributed by atoms with Crippen molar-refractivity contribution in [2.75, 3.05) is 0 Å². The maximum Gasteiger partial charge on any atom is 0.133 e. The predicted molar refractivity (Wildman–Crippen MR) is 66.8 cm³/mol. The van der Waals surface area contributed by atoms with Crippen molar-refractivity contribution in [3.8, 4) is 0 Å². The summed E-state index contributed by atoms with van der Waals surface area (Å²) >= 11 is 0. The zero-order valence-corrected chi connectivity index (χ0v) is 10.1. The van der Waals surface area contributed by atoms with Crippen LogP contribution in [0.5, 0.6) is 0 Å². The van der Waals surface area contributed by atoms with Crippen LogP contribution in [0.2, 0.25) is 0 Å². The van der Waals surface area contributed by atoms with Gasteiger partial charge >= 0.3 is 0 Å². The van der Waals surface area contributed by atoms with Gasteiger partial charge in [-0.3, -0.25) is 4.79 Å². The van der Waals surface area contributed by atoms with Crippen LogP contribution in [0, 0.1) is 5.92 Å². The molecule has 0 heterocycles. The number of hydrogen-bond acceptors (Lipinski definition) is 1. The SMILES string of the molecule is C=C/C=C\C(=C/C)CC(CCC)C(C)=O. The third-order valence-electron chi connectivity index (χ3n) is 2.51. The van der Waals surface area contributed by atoms with Gasteiger partial charge < -0.3 is 0 Å². The van der Waals surface area contributed by atoms with Crippen LogP contribution in [-0.2, 0) is 4.79 Å². The standard InChI is InChI=1S/C14H22O/c1-5-8-10-13(7-3)11-14(9-6-2)12(4)15/h5,7-8,10,14H,1,6,9,11H2,2-4H3/b10-8-,13-7+. The fraction of sp³-hybridized carbons (Fsp3) is 0.500. The molecule has 1 atom stereocenters. The Labute approximate surface area is 93.6 Å². The third kappa shape index (κ3) is 6.05. The molecule has 0 saturated heterocycles. The third-order valence-corrected chi connectivity index (χ3v) is 2.51. The maximum atomic E-state index is 11.4. The normalized spacial score (nSPS) is 14.2. The number of ketones is 1. The minimum atomic E-state index is 0.177. The van der Waals surface area contributed by atoms with Crippen LogP contribution in [0.1, 0.15) is 40.0 Å². The second kappa shape index (κ2) is 8.22. The fourth-order valence-electron chi connectivity index (χ4n) is 1.56. The zero-order chi connectivity index (χ0) is 11.7. The fourth-order valence-corrected chi connectivity index (χ4v) is 1.56. The molecule has 84 valence electrons. The van der Waals surface area contributed by atoms with E-state index < -0.39 is 0 Å². The summed E-state index contributed by atoms with van der Waals surface area (Å²) in [6.07, 6.45) is 10.7. The van der Waals surface area contributed by atoms with Gasteiger partial charge in [0, 0.05) is 5.92 Å². The number of Topliss-reactive ketones (excluding diaryl/α,β-unsaturated/α-hetero) is 1. The number of carbonyl (C=O) groups is 1. The number of allylic oxidation sites excluding steroid dienone is 5. The Kier molecular flexibility index (Phi) is 7.61. The summed E-state index contributed by atoms with van der Waals surface area (Å²) in [5.41, 5.74) is 1.21. The Morgan fingerprint density at radius 1 is 1.47 bits per heavy atom. The molecule has 0 aliphatic carbocycles. The first kappa shape index (κ1) is 13.9. The van der Waals surface area contributed by atoms with E-state index in [9.17, 15) is 4.79 Å². The molecule has 0 aromatic heterocycles. The first-order valence-electron chi connectivity index (χ1n) is 5.60. The Morgan fingerprint density at radius 2 is 2.13 bits per heavy atom. The molecule has 0 saturated carbocycles. The molecule has 0 bridgehead atoms. The van der Waals surface area contributed by atoms with Crippen LogP contribution in [0.4, 0.5) is 0 Å². The van der Waals surface area contributed by atoms with E-state index in [1.165, 1.54) is 5.57 Å². The van der Waals surface area contributed by atoms with E-state index in [4.69, 9.17) is 0 Å². The maximum absolute atomic E-state index is 11.4. The molecule has 0 radical (unpaired) electrons. The Balaban J connectivity index is 4.42. The summed E-state index contributed by atoms with van der Waals surface area (Å²) in [6, 6.07) is 0. The summed E-state index contributed by atoms with van der Waals surface area (Å²) < 4.78 is 0. The van der Waals surface area contributed by atoms with E-state index >= 15 is 0 Å². The molecule has 0 amide bonds. The highest BCUT2D eigenvalue weighted by Crippen LogP contribution is 2.19. The van der Waals surface area contributed by atoms with Crippen molar-refractivity contribution in [2.45, 2.75) is 40.0 Å². The van der Waals surface area contributed by atoms with Gasteiger partial charge in [0.25, 0.3) is 0 Å². The van der Waals surface area contributed by atoms with Crippen LogP contribution < -0.4 is 0 Å². The molecule has 1 heteroatoms. The predicted octanol–water partition coefficient (Wildman–Crippen LogP) is 4.07. The van der Waals surface area contributed by atoms with Crippen LogP contribution in [-0.4, -0.2) is 5.78 Å². The van der Waals surface area contributed by atoms with Gasteiger partial charge in [0.2, 0.25) is 0 Å². The highest BCUT2D eigenvalue weighted by atomic mass is 16.1. The monoisotopic (exact) mass is 206 g/mol. The minimum absolute atomic E-state index is 0.177. The molecule has 0 rings (SSSR count). The van der Waals surface area contributed by atoms with Gasteiger partial charge in [0.15, 0.2) is 0 Å². The molecule has 0 spiro atoms. The van der Waals surface area contributed by atoms with Crippen molar-refractivity contribution in [3.05, 3.63) is 36.5 Å². The van der Waals surface area contributed by atoms with E-state index in [1.54, 1.807) is 13.0 Å². The van der Waals surface area contributed by atoms with Crippen molar-refractivity contribution in [2.24, 2.45) is 5.92 Å². The summed E-state index contributed by atoms with van der Waals surface area (Å²) in [4.78, 5) is 11.4. The minimum Gasteiger partial charge on any atom is -0.300 e. The van der Waals surface area contributed by atoms with Gasteiger partial charge in [-0.1, -0.05) is 49.8 Å². The van der Waals surface area contributed by atoms with Crippen molar-refractivity contribution < 1.29 is 4.79 Å². The van der Waals surface area contributed by atoms with E-state index in [2.05, 4.69) is 19.6 Å². The Hall–Kier alpha value is -1.11. The molecule has 0 aromatic carbocycles. The van der Waals surface area contributed by atoms with Crippen LogP contribution in [0.15, 0.2) is 36.5 Å². The summed E-state index contributed by atoms with van der Waals surface area (Å²) in [7, 11) is 0. The zero-order valence-electron chi connectivity index (χ0n) is 10.1. The van der Waals surface area contributed by atoms with Gasteiger partial charge in [-0.15, -0.1) is 0 Å². The van der Waals surface area contributed by atoms with Gasteiger partial charge in [-0.2, -0.15) is 0 Å². The molecular weight excluding hydrogens is 184 g/mol. The topological polar surface area (TPSA) is 17.1 Å². The van der Waals surface area contributed by atoms with Crippen molar-refractivity contribution >= 4 is 5.78 Å². The van der Waals surface area contributed by atoms with Crippen molar-refractivity contribution in [1.29, 1.82) is 0 Å². The number of rotatable bonds is 7. The van der Waals surface area contributed by atoms with Gasteiger partial charge in [-0.05, 0) is 26.7 Å². The molecule has 1 unspecified atom stereocenters. The van der Waals surface area contributed by atoms with Gasteiger partial charge in [0.1, 0.15) is 5.78 Å². The lowest BCUT2D eigenvalue weighted by molar-refractivity contribution is -0.120. The van der Waals surface area contributed by atoms with Crippen LogP contribution >= 0.6 is 0 Å². The molecule has 0 aliphatic rings. The lowest BCUT2D eigenvalue weighted by Gasteiger charge is -2.12. The van der Waals surface area contributed by atoms with E-state index in [0.717, 1.165) is 19.3 Å². The second-order valence-corrected chi connectivity index (χ2v) is 3.76. The summed E-state index contributed by atoms with van der Waals surface area (Å²) in [5.74, 6) is 0.471. The van der Waals surface area contributed by atoms with Crippen molar-refractivity contribution in [1.82, 2.24) is 0 Å². The second-order valence-electron chi connectivity index (χ2n) is 3.76. The molecule has 0 aromatic rings. The van der Waals surface area contributed by atoms with Crippen LogP contribution in [0.3, 0.4) is 0 Å². The Bertz CT molecular complexity index is 259. The van der Waals surface area contributed by atoms with Gasteiger partial charge in [0.05, 0.1) is 0 Å². The van der Waals surface area contributed by atoms with E-state index in [-0.39, 0.29) is 5.92 Å². The Morgan fingerprint density at radius 3 is 2.53 bits per heavy atom. The summed E-state index contributed by atoms with van der Waals surface area (Å²) in [5, 5.41) is 0. The average Bonchev–Trinajstić information content (AvgIpc) is 2.22. The quantitative estimate of drug-likeness (QED) is 0.574. The first-order valence-corrected chi connectivity index (χ1v) is 5.60. The summed E-state index contributed by atoms with van der Waals surface area (Å²) in [6.45, 7) is 9.44. The van der Waals surface area contributed by atoms with E-state index in [0.29, 0.717) is 5.78 Å². The lowest BCUT2D eigenvalue weighted by Crippen LogP contribution is -2.11. The molecule has 1 nitrogen and oxygen atoms in total. The molecule has 15 heavy (non-hydrogen) atoms. The largest absolute Gasteiger partial charge is 0.300 e. The van der Waals surface area contributed by atoms with E-state index in [1.807, 2.05) is 19.1 Å². The molecule has 0 aliphatic heterocycles. The number of hydrogen-bond donors (Lipinski definition) is 0. The van der Waals surface area contributed by atoms with Crippen molar-refractivity contribution in [3.63, 3.8) is 0 Å². The first-order chi connectivity index (χ1) is 7.15. The highest BCUT2D eigenvalue weighted by molar-refractivity contribution is 5.78. The molecule has 0 N–H and O–H groups in total. The lowest BCUT2D eigenvalue weighted by atomic mass is 9.91. The smallest absolute Gasteiger partial charge is 0.133 e. The van der Waals surface area contributed by atoms with Gasteiger partial charge in [-0.25, -0.2) is 0 Å². The average molecular weight is 206 g/mol. The van der Waals surface area contributed by atoms with Crippen LogP contribution in [0.25, 0.3) is 0 Å².